The third kappa shape index (κ3) is 3.04. The highest BCUT2D eigenvalue weighted by atomic mass is 16.2. The molecule has 0 saturated carbocycles. The van der Waals surface area contributed by atoms with E-state index in [0.29, 0.717) is 19.6 Å². The van der Waals surface area contributed by atoms with Crippen molar-refractivity contribution < 1.29 is 9.59 Å². The van der Waals surface area contributed by atoms with Gasteiger partial charge in [0.15, 0.2) is 0 Å². The summed E-state index contributed by atoms with van der Waals surface area (Å²) in [6.45, 7) is 1.72. The van der Waals surface area contributed by atoms with Gasteiger partial charge in [-0.3, -0.25) is 9.69 Å². The Kier molecular flexibility index (Phi) is 4.26. The monoisotopic (exact) mass is 338 g/mol. The molecule has 25 heavy (non-hydrogen) atoms. The number of benzene rings is 1. The zero-order chi connectivity index (χ0) is 17.2. The van der Waals surface area contributed by atoms with Crippen molar-refractivity contribution in [2.24, 2.45) is 0 Å². The summed E-state index contributed by atoms with van der Waals surface area (Å²) in [4.78, 5) is 32.8. The van der Waals surface area contributed by atoms with Crippen molar-refractivity contribution in [2.75, 3.05) is 6.54 Å². The van der Waals surface area contributed by atoms with Gasteiger partial charge < -0.3 is 9.47 Å². The molecule has 2 aromatic rings. The molecule has 0 radical (unpaired) electrons. The first kappa shape index (κ1) is 15.9. The van der Waals surface area contributed by atoms with E-state index in [-0.39, 0.29) is 18.0 Å². The van der Waals surface area contributed by atoms with E-state index in [9.17, 15) is 9.59 Å². The first-order valence-electron chi connectivity index (χ1n) is 8.88. The fraction of sp³-hybridized carbons (Fsp3) is 0.421. The number of carbonyl (C=O) groups excluding carboxylic acids is 2. The molecule has 6 heteroatoms. The van der Waals surface area contributed by atoms with Crippen molar-refractivity contribution in [3.8, 4) is 0 Å². The van der Waals surface area contributed by atoms with Crippen LogP contribution in [0.5, 0.6) is 0 Å². The largest absolute Gasteiger partial charge is 0.333 e. The third-order valence-corrected chi connectivity index (χ3v) is 5.14. The van der Waals surface area contributed by atoms with Gasteiger partial charge >= 0.3 is 6.03 Å². The predicted octanol–water partition coefficient (Wildman–Crippen LogP) is 2.64. The minimum absolute atomic E-state index is 0.0377. The van der Waals surface area contributed by atoms with E-state index in [4.69, 9.17) is 0 Å². The van der Waals surface area contributed by atoms with Crippen LogP contribution in [0.2, 0.25) is 0 Å². The van der Waals surface area contributed by atoms with Crippen LogP contribution in [0.4, 0.5) is 4.79 Å². The van der Waals surface area contributed by atoms with E-state index >= 15 is 0 Å². The van der Waals surface area contributed by atoms with Crippen LogP contribution in [-0.2, 0) is 17.9 Å². The van der Waals surface area contributed by atoms with Crippen LogP contribution >= 0.6 is 0 Å². The molecule has 1 unspecified atom stereocenters. The number of urea groups is 1. The van der Waals surface area contributed by atoms with Gasteiger partial charge in [0.1, 0.15) is 6.04 Å². The molecular weight excluding hydrogens is 316 g/mol. The van der Waals surface area contributed by atoms with Gasteiger partial charge in [-0.25, -0.2) is 9.78 Å². The van der Waals surface area contributed by atoms with Gasteiger partial charge in [-0.15, -0.1) is 0 Å². The molecule has 1 aromatic heterocycles. The second-order valence-electron chi connectivity index (χ2n) is 6.77. The second-order valence-corrected chi connectivity index (χ2v) is 6.77. The fourth-order valence-corrected chi connectivity index (χ4v) is 3.78. The number of imide groups is 1. The molecule has 1 aromatic carbocycles. The molecule has 2 saturated heterocycles. The van der Waals surface area contributed by atoms with Gasteiger partial charge in [-0.05, 0) is 24.0 Å². The Hall–Kier alpha value is -2.63. The number of carbonyl (C=O) groups is 2. The van der Waals surface area contributed by atoms with Crippen LogP contribution in [0, 0.1) is 0 Å². The van der Waals surface area contributed by atoms with Crippen LogP contribution in [0.25, 0.3) is 0 Å². The number of fused-ring (bicyclic) bond motifs is 1. The molecule has 3 heterocycles. The van der Waals surface area contributed by atoms with Gasteiger partial charge in [0.05, 0.1) is 12.9 Å². The number of nitrogens with zero attached hydrogens (tertiary/aromatic N) is 4. The van der Waals surface area contributed by atoms with Gasteiger partial charge in [-0.2, -0.15) is 0 Å². The van der Waals surface area contributed by atoms with Crippen LogP contribution in [0.15, 0.2) is 43.0 Å². The normalized spacial score (nSPS) is 20.7. The molecule has 0 spiro atoms. The van der Waals surface area contributed by atoms with Gasteiger partial charge in [-0.1, -0.05) is 37.1 Å². The summed E-state index contributed by atoms with van der Waals surface area (Å²) in [5, 5.41) is 0. The Balaban J connectivity index is 1.56. The summed E-state index contributed by atoms with van der Waals surface area (Å²) >= 11 is 0. The molecule has 2 fully saturated rings. The average Bonchev–Trinajstić information content (AvgIpc) is 3.10. The van der Waals surface area contributed by atoms with E-state index in [1.54, 1.807) is 17.4 Å². The minimum atomic E-state index is -0.254. The molecule has 3 amide bonds. The highest BCUT2D eigenvalue weighted by molar-refractivity contribution is 6.04. The van der Waals surface area contributed by atoms with Crippen molar-refractivity contribution in [2.45, 2.75) is 44.8 Å². The number of hydrogen-bond acceptors (Lipinski definition) is 3. The third-order valence-electron chi connectivity index (χ3n) is 5.14. The smallest absolute Gasteiger partial charge is 0.327 e. The SMILES string of the molecule is O=C1C2CCCCCN2C(=O)N1Cc1ccccc1Cn1ccnc1. The van der Waals surface area contributed by atoms with E-state index in [0.717, 1.165) is 36.8 Å². The average molecular weight is 338 g/mol. The molecule has 6 nitrogen and oxygen atoms in total. The number of amides is 3. The maximum absolute atomic E-state index is 12.8. The molecule has 1 atom stereocenters. The lowest BCUT2D eigenvalue weighted by Gasteiger charge is -2.19. The highest BCUT2D eigenvalue weighted by Gasteiger charge is 2.44. The van der Waals surface area contributed by atoms with E-state index in [1.165, 1.54) is 4.90 Å². The van der Waals surface area contributed by atoms with Crippen molar-refractivity contribution >= 4 is 11.9 Å². The number of imidazole rings is 1. The van der Waals surface area contributed by atoms with Crippen LogP contribution in [0.1, 0.15) is 36.8 Å². The van der Waals surface area contributed by atoms with Crippen LogP contribution < -0.4 is 0 Å². The van der Waals surface area contributed by atoms with Gasteiger partial charge in [0, 0.05) is 25.5 Å². The molecule has 0 N–H and O–H groups in total. The first-order chi connectivity index (χ1) is 12.2. The second kappa shape index (κ2) is 6.70. The zero-order valence-electron chi connectivity index (χ0n) is 14.2. The Bertz CT molecular complexity index is 747. The predicted molar refractivity (Wildman–Crippen MR) is 92.7 cm³/mol. The number of rotatable bonds is 4. The van der Waals surface area contributed by atoms with Crippen LogP contribution in [0.3, 0.4) is 0 Å². The maximum atomic E-state index is 12.8. The Morgan fingerprint density at radius 1 is 1.04 bits per heavy atom. The molecule has 0 bridgehead atoms. The molecule has 0 aliphatic carbocycles. The molecule has 2 aliphatic rings. The lowest BCUT2D eigenvalue weighted by molar-refractivity contribution is -0.128. The number of hydrogen-bond donors (Lipinski definition) is 0. The lowest BCUT2D eigenvalue weighted by atomic mass is 10.1. The molecule has 2 aliphatic heterocycles. The minimum Gasteiger partial charge on any atom is -0.333 e. The van der Waals surface area contributed by atoms with E-state index in [2.05, 4.69) is 4.98 Å². The summed E-state index contributed by atoms with van der Waals surface area (Å²) in [5.74, 6) is -0.0377. The highest BCUT2D eigenvalue weighted by Crippen LogP contribution is 2.27. The lowest BCUT2D eigenvalue weighted by Crippen LogP contribution is -2.34. The molecular formula is C19H22N4O2. The fourth-order valence-electron chi connectivity index (χ4n) is 3.78. The van der Waals surface area contributed by atoms with Crippen molar-refractivity contribution in [1.82, 2.24) is 19.4 Å². The molecule has 4 rings (SSSR count). The summed E-state index contributed by atoms with van der Waals surface area (Å²) < 4.78 is 1.99. The summed E-state index contributed by atoms with van der Waals surface area (Å²) in [5.41, 5.74) is 2.11. The maximum Gasteiger partial charge on any atom is 0.327 e. The molecule has 130 valence electrons. The van der Waals surface area contributed by atoms with Crippen LogP contribution in [-0.4, -0.2) is 43.9 Å². The Labute approximate surface area is 147 Å². The van der Waals surface area contributed by atoms with Crippen molar-refractivity contribution in [1.29, 1.82) is 0 Å². The quantitative estimate of drug-likeness (QED) is 0.805. The number of aromatic nitrogens is 2. The summed E-state index contributed by atoms with van der Waals surface area (Å²) in [6, 6.07) is 7.59. The summed E-state index contributed by atoms with van der Waals surface area (Å²) in [6.07, 6.45) is 9.32. The zero-order valence-corrected chi connectivity index (χ0v) is 14.2. The van der Waals surface area contributed by atoms with Gasteiger partial charge in [0.2, 0.25) is 0 Å². The van der Waals surface area contributed by atoms with E-state index < -0.39 is 0 Å². The topological polar surface area (TPSA) is 58.4 Å². The Morgan fingerprint density at radius 3 is 2.60 bits per heavy atom. The summed E-state index contributed by atoms with van der Waals surface area (Å²) in [7, 11) is 0. The Morgan fingerprint density at radius 2 is 1.84 bits per heavy atom. The standard InChI is InChI=1S/C19H22N4O2/c24-18-17-8-2-1-5-10-22(17)19(25)23(18)13-16-7-4-3-6-15(16)12-21-11-9-20-14-21/h3-4,6-7,9,11,14,17H,1-2,5,8,10,12-13H2. The van der Waals surface area contributed by atoms with Crippen molar-refractivity contribution in [3.05, 3.63) is 54.1 Å². The first-order valence-corrected chi connectivity index (χ1v) is 8.88. The van der Waals surface area contributed by atoms with E-state index in [1.807, 2.05) is 35.0 Å². The van der Waals surface area contributed by atoms with Gasteiger partial charge in [0.25, 0.3) is 5.91 Å². The van der Waals surface area contributed by atoms with Crippen molar-refractivity contribution in [3.63, 3.8) is 0 Å².